The molecule has 0 fully saturated rings. The Kier molecular flexibility index (Phi) is 6.85. The number of thioether (sulfide) groups is 1. The Morgan fingerprint density at radius 1 is 1.30 bits per heavy atom. The number of nitrogens with zero attached hydrogens (tertiary/aromatic N) is 2. The molecule has 0 aliphatic heterocycles. The third-order valence-corrected chi connectivity index (χ3v) is 3.25. The first-order chi connectivity index (χ1) is 10.4. The Balaban J connectivity index is 0.00000264. The van der Waals surface area contributed by atoms with E-state index in [-0.39, 0.29) is 30.7 Å². The molecule has 23 heavy (non-hydrogen) atoms. The van der Waals surface area contributed by atoms with Gasteiger partial charge in [0, 0.05) is 11.3 Å². The van der Waals surface area contributed by atoms with Gasteiger partial charge >= 0.3 is 5.51 Å². The summed E-state index contributed by atoms with van der Waals surface area (Å²) in [7, 11) is 0. The summed E-state index contributed by atoms with van der Waals surface area (Å²) < 4.78 is 36.0. The molecule has 0 spiro atoms. The SMILES string of the molecule is Cl.NCc1nc(-c2ccc(NC(=O)CSC(F)(F)F)cc2)n[nH]1. The van der Waals surface area contributed by atoms with Gasteiger partial charge in [-0.3, -0.25) is 9.89 Å². The number of alkyl halides is 3. The smallest absolute Gasteiger partial charge is 0.325 e. The Labute approximate surface area is 139 Å². The van der Waals surface area contributed by atoms with Crippen LogP contribution in [0.1, 0.15) is 5.82 Å². The van der Waals surface area contributed by atoms with Crippen molar-refractivity contribution in [2.45, 2.75) is 12.1 Å². The van der Waals surface area contributed by atoms with Crippen LogP contribution in [-0.2, 0) is 11.3 Å². The highest BCUT2D eigenvalue weighted by Gasteiger charge is 2.29. The Hall–Kier alpha value is -1.78. The number of carbonyl (C=O) groups is 1. The zero-order chi connectivity index (χ0) is 16.2. The van der Waals surface area contributed by atoms with Crippen LogP contribution in [0.5, 0.6) is 0 Å². The fourth-order valence-corrected chi connectivity index (χ4v) is 1.93. The number of aromatic amines is 1. The van der Waals surface area contributed by atoms with E-state index in [2.05, 4.69) is 20.5 Å². The van der Waals surface area contributed by atoms with Gasteiger partial charge in [-0.25, -0.2) is 4.98 Å². The van der Waals surface area contributed by atoms with Gasteiger partial charge in [-0.2, -0.15) is 18.3 Å². The van der Waals surface area contributed by atoms with Gasteiger partial charge in [-0.15, -0.1) is 12.4 Å². The highest BCUT2D eigenvalue weighted by Crippen LogP contribution is 2.30. The zero-order valence-electron chi connectivity index (χ0n) is 11.6. The van der Waals surface area contributed by atoms with Crippen molar-refractivity contribution in [3.8, 4) is 11.4 Å². The van der Waals surface area contributed by atoms with E-state index >= 15 is 0 Å². The molecular weight excluding hydrogens is 355 g/mol. The number of hydrogen-bond acceptors (Lipinski definition) is 5. The summed E-state index contributed by atoms with van der Waals surface area (Å²) in [6.07, 6.45) is 0. The summed E-state index contributed by atoms with van der Waals surface area (Å²) in [4.78, 5) is 15.5. The lowest BCUT2D eigenvalue weighted by Crippen LogP contribution is -2.17. The number of nitrogens with one attached hydrogen (secondary N) is 2. The van der Waals surface area contributed by atoms with E-state index in [4.69, 9.17) is 5.73 Å². The van der Waals surface area contributed by atoms with Crippen LogP contribution in [0.15, 0.2) is 24.3 Å². The van der Waals surface area contributed by atoms with Crippen molar-refractivity contribution in [2.75, 3.05) is 11.1 Å². The Bertz CT molecular complexity index is 647. The molecule has 1 heterocycles. The summed E-state index contributed by atoms with van der Waals surface area (Å²) >= 11 is -0.382. The monoisotopic (exact) mass is 367 g/mol. The molecule has 0 saturated carbocycles. The van der Waals surface area contributed by atoms with Crippen molar-refractivity contribution >= 4 is 35.8 Å². The molecule has 4 N–H and O–H groups in total. The molecule has 1 aromatic carbocycles. The molecule has 0 unspecified atom stereocenters. The van der Waals surface area contributed by atoms with Gasteiger partial charge in [-0.1, -0.05) is 0 Å². The largest absolute Gasteiger partial charge is 0.442 e. The van der Waals surface area contributed by atoms with Crippen LogP contribution in [0.25, 0.3) is 11.4 Å². The maximum absolute atomic E-state index is 12.0. The molecule has 0 aliphatic rings. The molecular formula is C12H13ClF3N5OS. The Morgan fingerprint density at radius 2 is 1.96 bits per heavy atom. The molecule has 0 saturated heterocycles. The third-order valence-electron chi connectivity index (χ3n) is 2.52. The molecule has 11 heteroatoms. The highest BCUT2D eigenvalue weighted by molar-refractivity contribution is 8.00. The molecule has 0 radical (unpaired) electrons. The molecule has 2 rings (SSSR count). The van der Waals surface area contributed by atoms with E-state index in [1.165, 1.54) is 0 Å². The van der Waals surface area contributed by atoms with Gasteiger partial charge in [0.25, 0.3) is 0 Å². The van der Waals surface area contributed by atoms with Gasteiger partial charge in [0.05, 0.1) is 12.3 Å². The second-order valence-electron chi connectivity index (χ2n) is 4.17. The van der Waals surface area contributed by atoms with Crippen molar-refractivity contribution in [2.24, 2.45) is 5.73 Å². The average molecular weight is 368 g/mol. The summed E-state index contributed by atoms with van der Waals surface area (Å²) in [6.45, 7) is 0.234. The van der Waals surface area contributed by atoms with Crippen LogP contribution in [0.4, 0.5) is 18.9 Å². The van der Waals surface area contributed by atoms with Crippen molar-refractivity contribution < 1.29 is 18.0 Å². The standard InChI is InChI=1S/C12H12F3N5OS.ClH/c13-12(14,15)22-6-10(21)17-8-3-1-7(2-4-8)11-18-9(5-16)19-20-11;/h1-4H,5-6,16H2,(H,17,21)(H,18,19,20);1H. The summed E-state index contributed by atoms with van der Waals surface area (Å²) in [6, 6.07) is 6.42. The number of nitrogens with two attached hydrogens (primary N) is 1. The lowest BCUT2D eigenvalue weighted by atomic mass is 10.2. The van der Waals surface area contributed by atoms with E-state index in [1.54, 1.807) is 24.3 Å². The predicted octanol–water partition coefficient (Wildman–Crippen LogP) is 2.54. The third kappa shape index (κ3) is 6.08. The molecule has 126 valence electrons. The van der Waals surface area contributed by atoms with Crippen LogP contribution < -0.4 is 11.1 Å². The second kappa shape index (κ2) is 8.18. The zero-order valence-corrected chi connectivity index (χ0v) is 13.2. The van der Waals surface area contributed by atoms with Crippen molar-refractivity contribution in [3.05, 3.63) is 30.1 Å². The summed E-state index contributed by atoms with van der Waals surface area (Å²) in [5, 5.41) is 9.02. The molecule has 6 nitrogen and oxygen atoms in total. The number of carbonyl (C=O) groups excluding carboxylic acids is 1. The van der Waals surface area contributed by atoms with E-state index in [0.29, 0.717) is 22.9 Å². The first kappa shape index (κ1) is 19.3. The minimum atomic E-state index is -4.42. The predicted molar refractivity (Wildman–Crippen MR) is 84.1 cm³/mol. The second-order valence-corrected chi connectivity index (χ2v) is 5.21. The normalized spacial score (nSPS) is 11.0. The van der Waals surface area contributed by atoms with Gasteiger partial charge in [0.1, 0.15) is 5.82 Å². The quantitative estimate of drug-likeness (QED) is 0.754. The minimum absolute atomic E-state index is 0. The van der Waals surface area contributed by atoms with Gasteiger partial charge < -0.3 is 11.1 Å². The van der Waals surface area contributed by atoms with E-state index in [1.807, 2.05) is 0 Å². The minimum Gasteiger partial charge on any atom is -0.325 e. The van der Waals surface area contributed by atoms with E-state index < -0.39 is 17.2 Å². The van der Waals surface area contributed by atoms with Crippen molar-refractivity contribution in [3.63, 3.8) is 0 Å². The number of halogens is 4. The van der Waals surface area contributed by atoms with Gasteiger partial charge in [-0.05, 0) is 36.0 Å². The number of hydrogen-bond donors (Lipinski definition) is 3. The molecule has 0 aliphatic carbocycles. The molecule has 1 amide bonds. The fraction of sp³-hybridized carbons (Fsp3) is 0.250. The van der Waals surface area contributed by atoms with Crippen LogP contribution >= 0.6 is 24.2 Å². The molecule has 0 atom stereocenters. The van der Waals surface area contributed by atoms with Crippen LogP contribution in [0.2, 0.25) is 0 Å². The molecule has 1 aromatic heterocycles. The Morgan fingerprint density at radius 3 is 2.48 bits per heavy atom. The number of H-pyrrole nitrogens is 1. The maximum atomic E-state index is 12.0. The average Bonchev–Trinajstić information content (AvgIpc) is 2.94. The summed E-state index contributed by atoms with van der Waals surface area (Å²) in [5.74, 6) is -0.424. The number of aromatic nitrogens is 3. The van der Waals surface area contributed by atoms with Crippen molar-refractivity contribution in [1.29, 1.82) is 0 Å². The summed E-state index contributed by atoms with van der Waals surface area (Å²) in [5.41, 5.74) is 2.08. The van der Waals surface area contributed by atoms with E-state index in [0.717, 1.165) is 0 Å². The maximum Gasteiger partial charge on any atom is 0.442 e. The lowest BCUT2D eigenvalue weighted by molar-refractivity contribution is -0.114. The van der Waals surface area contributed by atoms with Gasteiger partial charge in [0.15, 0.2) is 5.82 Å². The first-order valence-electron chi connectivity index (χ1n) is 6.10. The lowest BCUT2D eigenvalue weighted by Gasteiger charge is -2.07. The number of anilines is 1. The fourth-order valence-electron chi connectivity index (χ4n) is 1.56. The van der Waals surface area contributed by atoms with Crippen LogP contribution in [-0.4, -0.2) is 32.3 Å². The van der Waals surface area contributed by atoms with E-state index in [9.17, 15) is 18.0 Å². The molecule has 0 bridgehead atoms. The topological polar surface area (TPSA) is 96.7 Å². The van der Waals surface area contributed by atoms with Crippen LogP contribution in [0.3, 0.4) is 0 Å². The van der Waals surface area contributed by atoms with Crippen molar-refractivity contribution in [1.82, 2.24) is 15.2 Å². The first-order valence-corrected chi connectivity index (χ1v) is 7.08. The number of benzene rings is 1. The number of amides is 1. The highest BCUT2D eigenvalue weighted by atomic mass is 35.5. The van der Waals surface area contributed by atoms with Gasteiger partial charge in [0.2, 0.25) is 5.91 Å². The number of rotatable bonds is 5. The molecule has 2 aromatic rings. The van der Waals surface area contributed by atoms with Crippen LogP contribution in [0, 0.1) is 0 Å².